The molecule has 0 fully saturated rings. The van der Waals surface area contributed by atoms with E-state index in [1.807, 2.05) is 0 Å². The van der Waals surface area contributed by atoms with Crippen molar-refractivity contribution in [3.8, 4) is 0 Å². The van der Waals surface area contributed by atoms with Gasteiger partial charge in [-0.2, -0.15) is 13.2 Å². The van der Waals surface area contributed by atoms with Crippen molar-refractivity contribution in [3.05, 3.63) is 12.3 Å². The standard InChI is InChI=1S/C8H12F3NO/c1-7(2,3)12-5-4-6(13)8(9,10)11/h4-5,12H,1-3H3. The van der Waals surface area contributed by atoms with Crippen molar-refractivity contribution in [2.75, 3.05) is 0 Å². The minimum Gasteiger partial charge on any atom is -0.386 e. The molecule has 0 unspecified atom stereocenters. The topological polar surface area (TPSA) is 29.1 Å². The van der Waals surface area contributed by atoms with Crippen LogP contribution in [0.3, 0.4) is 0 Å². The highest BCUT2D eigenvalue weighted by Crippen LogP contribution is 2.16. The van der Waals surface area contributed by atoms with Crippen LogP contribution < -0.4 is 5.32 Å². The number of carbonyl (C=O) groups is 1. The zero-order valence-electron chi connectivity index (χ0n) is 7.70. The van der Waals surface area contributed by atoms with Gasteiger partial charge in [0.2, 0.25) is 0 Å². The number of alkyl halides is 3. The lowest BCUT2D eigenvalue weighted by Crippen LogP contribution is -2.31. The van der Waals surface area contributed by atoms with Crippen molar-refractivity contribution in [2.24, 2.45) is 0 Å². The second-order valence-electron chi connectivity index (χ2n) is 3.59. The first-order chi connectivity index (χ1) is 5.63. The third-order valence-corrected chi connectivity index (χ3v) is 1.03. The van der Waals surface area contributed by atoms with Crippen molar-refractivity contribution >= 4 is 5.78 Å². The molecule has 1 N–H and O–H groups in total. The fourth-order valence-electron chi connectivity index (χ4n) is 0.462. The molecule has 0 radical (unpaired) electrons. The molecule has 0 rings (SSSR count). The van der Waals surface area contributed by atoms with Crippen LogP contribution in [0, 0.1) is 0 Å². The quantitative estimate of drug-likeness (QED) is 0.683. The Morgan fingerprint density at radius 2 is 1.69 bits per heavy atom. The molecule has 0 aliphatic rings. The third-order valence-electron chi connectivity index (χ3n) is 1.03. The first kappa shape index (κ1) is 12.0. The molecule has 0 atom stereocenters. The maximum absolute atomic E-state index is 11.6. The summed E-state index contributed by atoms with van der Waals surface area (Å²) in [6, 6.07) is 0. The van der Waals surface area contributed by atoms with E-state index >= 15 is 0 Å². The van der Waals surface area contributed by atoms with E-state index in [1.165, 1.54) is 0 Å². The molecule has 0 heterocycles. The lowest BCUT2D eigenvalue weighted by Gasteiger charge is -2.18. The van der Waals surface area contributed by atoms with Crippen molar-refractivity contribution in [1.82, 2.24) is 5.32 Å². The van der Waals surface area contributed by atoms with Gasteiger partial charge in [0.1, 0.15) is 0 Å². The summed E-state index contributed by atoms with van der Waals surface area (Å²) in [5.74, 6) is -1.86. The molecular weight excluding hydrogens is 183 g/mol. The van der Waals surface area contributed by atoms with E-state index < -0.39 is 12.0 Å². The van der Waals surface area contributed by atoms with Crippen LogP contribution in [-0.2, 0) is 4.79 Å². The molecule has 0 aliphatic carbocycles. The molecule has 5 heteroatoms. The van der Waals surface area contributed by atoms with Gasteiger partial charge in [0, 0.05) is 17.8 Å². The largest absolute Gasteiger partial charge is 0.454 e. The van der Waals surface area contributed by atoms with E-state index in [9.17, 15) is 18.0 Å². The monoisotopic (exact) mass is 195 g/mol. The number of carbonyl (C=O) groups excluding carboxylic acids is 1. The Balaban J connectivity index is 4.09. The molecule has 76 valence electrons. The van der Waals surface area contributed by atoms with Crippen LogP contribution in [0.15, 0.2) is 12.3 Å². The van der Waals surface area contributed by atoms with Crippen LogP contribution in [0.5, 0.6) is 0 Å². The first-order valence-corrected chi connectivity index (χ1v) is 3.68. The van der Waals surface area contributed by atoms with Gasteiger partial charge >= 0.3 is 6.18 Å². The van der Waals surface area contributed by atoms with Crippen molar-refractivity contribution in [3.63, 3.8) is 0 Å². The van der Waals surface area contributed by atoms with Crippen LogP contribution in [-0.4, -0.2) is 17.5 Å². The van der Waals surface area contributed by atoms with Crippen molar-refractivity contribution in [1.29, 1.82) is 0 Å². The molecule has 0 spiro atoms. The van der Waals surface area contributed by atoms with Gasteiger partial charge in [0.15, 0.2) is 0 Å². The number of rotatable bonds is 2. The smallest absolute Gasteiger partial charge is 0.386 e. The molecular formula is C8H12F3NO. The molecule has 0 aromatic heterocycles. The minimum absolute atomic E-state index is 0.345. The summed E-state index contributed by atoms with van der Waals surface area (Å²) in [7, 11) is 0. The summed E-state index contributed by atoms with van der Waals surface area (Å²) < 4.78 is 34.9. The van der Waals surface area contributed by atoms with Crippen molar-refractivity contribution < 1.29 is 18.0 Å². The van der Waals surface area contributed by atoms with E-state index in [0.717, 1.165) is 6.20 Å². The number of hydrogen-bond acceptors (Lipinski definition) is 2. The molecule has 0 aliphatic heterocycles. The lowest BCUT2D eigenvalue weighted by atomic mass is 10.1. The molecule has 0 saturated heterocycles. The van der Waals surface area contributed by atoms with Crippen LogP contribution in [0.2, 0.25) is 0 Å². The average molecular weight is 195 g/mol. The number of nitrogens with one attached hydrogen (secondary N) is 1. The van der Waals surface area contributed by atoms with Gasteiger partial charge in [0.05, 0.1) is 0 Å². The second kappa shape index (κ2) is 3.81. The second-order valence-corrected chi connectivity index (χ2v) is 3.59. The summed E-state index contributed by atoms with van der Waals surface area (Å²) in [6.07, 6.45) is -3.29. The Kier molecular flexibility index (Phi) is 3.51. The molecule has 2 nitrogen and oxygen atoms in total. The zero-order chi connectivity index (χ0) is 10.7. The first-order valence-electron chi connectivity index (χ1n) is 3.68. The van der Waals surface area contributed by atoms with Gasteiger partial charge in [-0.1, -0.05) is 0 Å². The summed E-state index contributed by atoms with van der Waals surface area (Å²) in [5.41, 5.74) is -0.345. The van der Waals surface area contributed by atoms with Gasteiger partial charge in [-0.3, -0.25) is 4.79 Å². The predicted octanol–water partition coefficient (Wildman–Crippen LogP) is 2.02. The highest BCUT2D eigenvalue weighted by molar-refractivity contribution is 5.94. The summed E-state index contributed by atoms with van der Waals surface area (Å²) in [4.78, 5) is 10.3. The Labute approximate surface area is 74.8 Å². The van der Waals surface area contributed by atoms with Gasteiger partial charge in [-0.15, -0.1) is 0 Å². The summed E-state index contributed by atoms with van der Waals surface area (Å²) in [5, 5.41) is 2.62. The van der Waals surface area contributed by atoms with Crippen LogP contribution in [0.25, 0.3) is 0 Å². The SMILES string of the molecule is CC(C)(C)NC=CC(=O)C(F)(F)F. The van der Waals surface area contributed by atoms with Crippen LogP contribution in [0.4, 0.5) is 13.2 Å². The molecule has 0 bridgehead atoms. The molecule has 0 aromatic rings. The number of allylic oxidation sites excluding steroid dienone is 1. The van der Waals surface area contributed by atoms with Gasteiger partial charge in [0.25, 0.3) is 5.78 Å². The molecule has 0 aromatic carbocycles. The number of hydrogen-bond donors (Lipinski definition) is 1. The Morgan fingerprint density at radius 3 is 2.00 bits per heavy atom. The molecule has 0 saturated carbocycles. The highest BCUT2D eigenvalue weighted by Gasteiger charge is 2.36. The van der Waals surface area contributed by atoms with Gasteiger partial charge in [-0.25, -0.2) is 0 Å². The summed E-state index contributed by atoms with van der Waals surface area (Å²) >= 11 is 0. The van der Waals surface area contributed by atoms with E-state index in [1.54, 1.807) is 20.8 Å². The fraction of sp³-hybridized carbons (Fsp3) is 0.625. The van der Waals surface area contributed by atoms with Gasteiger partial charge in [-0.05, 0) is 20.8 Å². The van der Waals surface area contributed by atoms with E-state index in [2.05, 4.69) is 5.32 Å². The summed E-state index contributed by atoms with van der Waals surface area (Å²) in [6.45, 7) is 5.32. The average Bonchev–Trinajstić information content (AvgIpc) is 1.82. The fourth-order valence-corrected chi connectivity index (χ4v) is 0.462. The Hall–Kier alpha value is -1.00. The Morgan fingerprint density at radius 1 is 1.23 bits per heavy atom. The maximum Gasteiger partial charge on any atom is 0.454 e. The van der Waals surface area contributed by atoms with E-state index in [-0.39, 0.29) is 5.54 Å². The Bertz CT molecular complexity index is 212. The van der Waals surface area contributed by atoms with Crippen LogP contribution in [0.1, 0.15) is 20.8 Å². The van der Waals surface area contributed by atoms with Crippen LogP contribution >= 0.6 is 0 Å². The lowest BCUT2D eigenvalue weighted by molar-refractivity contribution is -0.165. The maximum atomic E-state index is 11.6. The molecule has 13 heavy (non-hydrogen) atoms. The minimum atomic E-state index is -4.78. The highest BCUT2D eigenvalue weighted by atomic mass is 19.4. The van der Waals surface area contributed by atoms with Gasteiger partial charge < -0.3 is 5.32 Å². The number of halogens is 3. The predicted molar refractivity (Wildman–Crippen MR) is 43.1 cm³/mol. The van der Waals surface area contributed by atoms with E-state index in [4.69, 9.17) is 0 Å². The van der Waals surface area contributed by atoms with Crippen molar-refractivity contribution in [2.45, 2.75) is 32.5 Å². The normalized spacial score (nSPS) is 13.4. The zero-order valence-corrected chi connectivity index (χ0v) is 7.70. The third kappa shape index (κ3) is 6.19. The molecule has 0 amide bonds. The van der Waals surface area contributed by atoms with E-state index in [0.29, 0.717) is 6.08 Å². The number of ketones is 1.